The summed E-state index contributed by atoms with van der Waals surface area (Å²) in [4.78, 5) is 11.9. The molecule has 1 fully saturated rings. The Balaban J connectivity index is 1.97. The second-order valence-electron chi connectivity index (χ2n) is 10.1. The van der Waals surface area contributed by atoms with Crippen LogP contribution in [-0.2, 0) is 19.7 Å². The monoisotopic (exact) mass is 448 g/mol. The second kappa shape index (κ2) is 12.6. The summed E-state index contributed by atoms with van der Waals surface area (Å²) in [6.07, 6.45) is 4.90. The van der Waals surface area contributed by atoms with E-state index in [-0.39, 0.29) is 11.6 Å². The Bertz CT molecular complexity index is 691. The van der Waals surface area contributed by atoms with Crippen LogP contribution < -0.4 is 10.6 Å². The number of hydrogen-bond acceptors (Lipinski definition) is 5. The highest BCUT2D eigenvalue weighted by molar-refractivity contribution is 5.67. The van der Waals surface area contributed by atoms with Crippen molar-refractivity contribution in [3.05, 3.63) is 35.4 Å². The van der Waals surface area contributed by atoms with Crippen LogP contribution in [-0.4, -0.2) is 51.2 Å². The van der Waals surface area contributed by atoms with E-state index in [9.17, 15) is 4.79 Å². The molecular formula is C26H44N2O4. The van der Waals surface area contributed by atoms with Crippen LogP contribution in [0.4, 0.5) is 4.79 Å². The van der Waals surface area contributed by atoms with Gasteiger partial charge in [-0.1, -0.05) is 38.1 Å². The number of methoxy groups -OCH3 is 1. The van der Waals surface area contributed by atoms with Crippen LogP contribution in [0, 0.1) is 0 Å². The molecule has 0 aromatic heterocycles. The molecule has 2 rings (SSSR count). The smallest absolute Gasteiger partial charge is 0.407 e. The standard InChI is InChI=1S/C26H44N2O4/c1-20(2)21-9-7-10-22(19-21)26(13-11-23(12-14-26)31-18-17-30-6)28-16-8-15-27-24(29)32-25(3,4)5/h7,9-10,19-20,23,28H,8,11-18H2,1-6H3,(H,27,29). The van der Waals surface area contributed by atoms with Crippen LogP contribution in [0.3, 0.4) is 0 Å². The van der Waals surface area contributed by atoms with Crippen molar-refractivity contribution in [1.29, 1.82) is 0 Å². The molecule has 32 heavy (non-hydrogen) atoms. The zero-order valence-corrected chi connectivity index (χ0v) is 21.0. The number of amides is 1. The highest BCUT2D eigenvalue weighted by Gasteiger charge is 2.36. The first-order valence-corrected chi connectivity index (χ1v) is 12.1. The van der Waals surface area contributed by atoms with Gasteiger partial charge in [0.15, 0.2) is 0 Å². The number of alkyl carbamates (subject to hydrolysis) is 1. The number of rotatable bonds is 11. The van der Waals surface area contributed by atoms with E-state index >= 15 is 0 Å². The van der Waals surface area contributed by atoms with Gasteiger partial charge in [0, 0.05) is 19.2 Å². The summed E-state index contributed by atoms with van der Waals surface area (Å²) in [5.41, 5.74) is 2.20. The van der Waals surface area contributed by atoms with E-state index in [0.717, 1.165) is 38.6 Å². The van der Waals surface area contributed by atoms with Gasteiger partial charge < -0.3 is 24.8 Å². The minimum atomic E-state index is -0.474. The number of ether oxygens (including phenoxy) is 3. The molecular weight excluding hydrogens is 404 g/mol. The van der Waals surface area contributed by atoms with E-state index in [4.69, 9.17) is 14.2 Å². The Kier molecular flexibility index (Phi) is 10.5. The SMILES string of the molecule is COCCOC1CCC(NCCCNC(=O)OC(C)(C)C)(c2cccc(C(C)C)c2)CC1. The van der Waals surface area contributed by atoms with Gasteiger partial charge in [0.25, 0.3) is 0 Å². The van der Waals surface area contributed by atoms with Crippen molar-refractivity contribution in [2.24, 2.45) is 0 Å². The molecule has 6 nitrogen and oxygen atoms in total. The lowest BCUT2D eigenvalue weighted by Gasteiger charge is -2.42. The predicted molar refractivity (Wildman–Crippen MR) is 129 cm³/mol. The van der Waals surface area contributed by atoms with Gasteiger partial charge in [0.1, 0.15) is 5.60 Å². The second-order valence-corrected chi connectivity index (χ2v) is 10.1. The maximum absolute atomic E-state index is 11.9. The molecule has 1 saturated carbocycles. The van der Waals surface area contributed by atoms with Gasteiger partial charge in [0.05, 0.1) is 19.3 Å². The molecule has 1 aromatic rings. The summed E-state index contributed by atoms with van der Waals surface area (Å²) in [6.45, 7) is 12.8. The third kappa shape index (κ3) is 8.72. The summed E-state index contributed by atoms with van der Waals surface area (Å²) in [5, 5.41) is 6.71. The number of carbonyl (C=O) groups excluding carboxylic acids is 1. The number of benzene rings is 1. The van der Waals surface area contributed by atoms with Gasteiger partial charge in [0.2, 0.25) is 0 Å². The quantitative estimate of drug-likeness (QED) is 0.460. The summed E-state index contributed by atoms with van der Waals surface area (Å²) in [6, 6.07) is 9.01. The molecule has 182 valence electrons. The van der Waals surface area contributed by atoms with Crippen LogP contribution >= 0.6 is 0 Å². The third-order valence-corrected chi connectivity index (χ3v) is 6.02. The van der Waals surface area contributed by atoms with Crippen LogP contribution in [0.2, 0.25) is 0 Å². The predicted octanol–water partition coefficient (Wildman–Crippen LogP) is 5.12. The number of nitrogens with one attached hydrogen (secondary N) is 2. The number of carbonyl (C=O) groups is 1. The zero-order chi connectivity index (χ0) is 23.6. The lowest BCUT2D eigenvalue weighted by atomic mass is 9.74. The van der Waals surface area contributed by atoms with Gasteiger partial charge in [-0.25, -0.2) is 4.79 Å². The largest absolute Gasteiger partial charge is 0.444 e. The van der Waals surface area contributed by atoms with E-state index < -0.39 is 5.60 Å². The summed E-state index contributed by atoms with van der Waals surface area (Å²) >= 11 is 0. The van der Waals surface area contributed by atoms with Gasteiger partial charge in [-0.3, -0.25) is 0 Å². The molecule has 0 aliphatic heterocycles. The molecule has 6 heteroatoms. The van der Waals surface area contributed by atoms with Crippen LogP contribution in [0.5, 0.6) is 0 Å². The van der Waals surface area contributed by atoms with E-state index in [1.54, 1.807) is 7.11 Å². The average molecular weight is 449 g/mol. The van der Waals surface area contributed by atoms with E-state index in [0.29, 0.717) is 31.8 Å². The first-order chi connectivity index (χ1) is 15.1. The number of hydrogen-bond donors (Lipinski definition) is 2. The summed E-state index contributed by atoms with van der Waals surface area (Å²) in [5.74, 6) is 0.499. The Morgan fingerprint density at radius 2 is 1.88 bits per heavy atom. The summed E-state index contributed by atoms with van der Waals surface area (Å²) < 4.78 is 16.4. The normalized spacial score (nSPS) is 21.5. The molecule has 0 saturated heterocycles. The van der Waals surface area contributed by atoms with Crippen LogP contribution in [0.1, 0.15) is 83.8 Å². The van der Waals surface area contributed by atoms with Crippen molar-refractivity contribution in [3.63, 3.8) is 0 Å². The van der Waals surface area contributed by atoms with E-state index in [2.05, 4.69) is 48.7 Å². The van der Waals surface area contributed by atoms with Gasteiger partial charge in [-0.2, -0.15) is 0 Å². The molecule has 1 amide bonds. The minimum Gasteiger partial charge on any atom is -0.444 e. The third-order valence-electron chi connectivity index (χ3n) is 6.02. The topological polar surface area (TPSA) is 68.8 Å². The van der Waals surface area contributed by atoms with Crippen LogP contribution in [0.25, 0.3) is 0 Å². The molecule has 1 aliphatic carbocycles. The molecule has 2 N–H and O–H groups in total. The van der Waals surface area contributed by atoms with Crippen molar-refractivity contribution < 1.29 is 19.0 Å². The fourth-order valence-electron chi connectivity index (χ4n) is 4.23. The lowest BCUT2D eigenvalue weighted by Crippen LogP contribution is -2.47. The zero-order valence-electron chi connectivity index (χ0n) is 21.0. The van der Waals surface area contributed by atoms with Crippen molar-refractivity contribution in [2.45, 2.75) is 89.9 Å². The highest BCUT2D eigenvalue weighted by atomic mass is 16.6. The maximum Gasteiger partial charge on any atom is 0.407 e. The minimum absolute atomic E-state index is 0.0576. The van der Waals surface area contributed by atoms with E-state index in [1.807, 2.05) is 20.8 Å². The first kappa shape index (κ1) is 26.6. The molecule has 0 spiro atoms. The Morgan fingerprint density at radius 3 is 2.50 bits per heavy atom. The Labute approximate surface area is 194 Å². The fraction of sp³-hybridized carbons (Fsp3) is 0.731. The first-order valence-electron chi connectivity index (χ1n) is 12.1. The van der Waals surface area contributed by atoms with Crippen molar-refractivity contribution in [2.75, 3.05) is 33.4 Å². The fourth-order valence-corrected chi connectivity index (χ4v) is 4.23. The maximum atomic E-state index is 11.9. The molecule has 0 unspecified atom stereocenters. The van der Waals surface area contributed by atoms with Gasteiger partial charge >= 0.3 is 6.09 Å². The van der Waals surface area contributed by atoms with Gasteiger partial charge in [-0.15, -0.1) is 0 Å². The molecule has 0 bridgehead atoms. The van der Waals surface area contributed by atoms with Crippen molar-refractivity contribution in [3.8, 4) is 0 Å². The molecule has 0 heterocycles. The Morgan fingerprint density at radius 1 is 1.16 bits per heavy atom. The van der Waals surface area contributed by atoms with Crippen molar-refractivity contribution in [1.82, 2.24) is 10.6 Å². The molecule has 1 aromatic carbocycles. The summed E-state index contributed by atoms with van der Waals surface area (Å²) in [7, 11) is 1.71. The Hall–Kier alpha value is -1.63. The average Bonchev–Trinajstić information content (AvgIpc) is 2.73. The molecule has 0 radical (unpaired) electrons. The lowest BCUT2D eigenvalue weighted by molar-refractivity contribution is -0.0156. The molecule has 0 atom stereocenters. The highest BCUT2D eigenvalue weighted by Crippen LogP contribution is 2.39. The van der Waals surface area contributed by atoms with Gasteiger partial charge in [-0.05, 0) is 76.5 Å². The molecule has 1 aliphatic rings. The van der Waals surface area contributed by atoms with Crippen molar-refractivity contribution >= 4 is 6.09 Å². The van der Waals surface area contributed by atoms with E-state index in [1.165, 1.54) is 11.1 Å². The van der Waals surface area contributed by atoms with Crippen LogP contribution in [0.15, 0.2) is 24.3 Å².